The number of nitrogens with zero attached hydrogens (tertiary/aromatic N) is 1. The summed E-state index contributed by atoms with van der Waals surface area (Å²) in [6, 6.07) is 17.5. The molecular weight excluding hydrogens is 403 g/mol. The van der Waals surface area contributed by atoms with E-state index in [9.17, 15) is 17.6 Å². The van der Waals surface area contributed by atoms with Crippen molar-refractivity contribution in [3.05, 3.63) is 89.2 Å². The van der Waals surface area contributed by atoms with Gasteiger partial charge in [-0.2, -0.15) is 0 Å². The van der Waals surface area contributed by atoms with Crippen LogP contribution in [-0.4, -0.2) is 21.4 Å². The predicted molar refractivity (Wildman–Crippen MR) is 108 cm³/mol. The fraction of sp³-hybridized carbons (Fsp3) is 0.0500. The Morgan fingerprint density at radius 2 is 1.71 bits per heavy atom. The number of sulfonamides is 1. The molecule has 0 aliphatic carbocycles. The summed E-state index contributed by atoms with van der Waals surface area (Å²) in [5, 5.41) is 2.95. The summed E-state index contributed by atoms with van der Waals surface area (Å²) in [4.78, 5) is 12.4. The van der Waals surface area contributed by atoms with Crippen molar-refractivity contribution < 1.29 is 17.6 Å². The molecule has 0 aromatic heterocycles. The minimum atomic E-state index is -3.91. The van der Waals surface area contributed by atoms with E-state index in [0.717, 1.165) is 4.31 Å². The zero-order valence-corrected chi connectivity index (χ0v) is 16.3. The van der Waals surface area contributed by atoms with E-state index in [0.29, 0.717) is 10.7 Å². The molecular formula is C20H16ClFN2O3S. The number of hydrogen-bond donors (Lipinski definition) is 1. The van der Waals surface area contributed by atoms with Crippen LogP contribution < -0.4 is 9.62 Å². The van der Waals surface area contributed by atoms with Crippen LogP contribution >= 0.6 is 11.6 Å². The maximum Gasteiger partial charge on any atom is 0.264 e. The molecule has 0 unspecified atom stereocenters. The molecule has 0 aliphatic rings. The van der Waals surface area contributed by atoms with Gasteiger partial charge in [0.2, 0.25) is 0 Å². The fourth-order valence-electron chi connectivity index (χ4n) is 2.54. The second-order valence-electron chi connectivity index (χ2n) is 5.94. The lowest BCUT2D eigenvalue weighted by atomic mass is 10.2. The zero-order valence-electron chi connectivity index (χ0n) is 14.8. The Labute approximate surface area is 167 Å². The maximum absolute atomic E-state index is 13.3. The first-order valence-corrected chi connectivity index (χ1v) is 10.0. The standard InChI is InChI=1S/C20H16ClFN2O3S/c1-24(18-9-3-6-15(21)12-18)28(26,27)19-10-2-5-14(11-19)20(25)23-17-8-4-7-16(22)13-17/h2-13H,1H3,(H,23,25). The van der Waals surface area contributed by atoms with E-state index in [1.165, 1.54) is 61.6 Å². The van der Waals surface area contributed by atoms with E-state index in [2.05, 4.69) is 5.32 Å². The SMILES string of the molecule is CN(c1cccc(Cl)c1)S(=O)(=O)c1cccc(C(=O)Nc2cccc(F)c2)c1. The molecule has 0 radical (unpaired) electrons. The molecule has 0 atom stereocenters. The number of benzene rings is 3. The minimum Gasteiger partial charge on any atom is -0.322 e. The lowest BCUT2D eigenvalue weighted by Crippen LogP contribution is -2.26. The van der Waals surface area contributed by atoms with Gasteiger partial charge in [-0.15, -0.1) is 0 Å². The number of anilines is 2. The lowest BCUT2D eigenvalue weighted by molar-refractivity contribution is 0.102. The summed E-state index contributed by atoms with van der Waals surface area (Å²) in [5.74, 6) is -1.04. The number of halogens is 2. The van der Waals surface area contributed by atoms with E-state index < -0.39 is 21.7 Å². The number of nitrogens with one attached hydrogen (secondary N) is 1. The van der Waals surface area contributed by atoms with Crippen molar-refractivity contribution in [2.75, 3.05) is 16.7 Å². The second-order valence-corrected chi connectivity index (χ2v) is 8.35. The molecule has 0 bridgehead atoms. The third kappa shape index (κ3) is 4.32. The van der Waals surface area contributed by atoms with Gasteiger partial charge in [0.1, 0.15) is 5.82 Å². The highest BCUT2D eigenvalue weighted by Gasteiger charge is 2.22. The molecule has 1 N–H and O–H groups in total. The van der Waals surface area contributed by atoms with Crippen LogP contribution in [0, 0.1) is 5.82 Å². The average Bonchev–Trinajstić information content (AvgIpc) is 2.67. The van der Waals surface area contributed by atoms with Crippen LogP contribution in [0.15, 0.2) is 77.7 Å². The Kier molecular flexibility index (Phi) is 5.67. The van der Waals surface area contributed by atoms with Gasteiger partial charge in [-0.1, -0.05) is 29.8 Å². The van der Waals surface area contributed by atoms with Crippen LogP contribution in [0.25, 0.3) is 0 Å². The normalized spacial score (nSPS) is 11.1. The minimum absolute atomic E-state index is 0.0538. The lowest BCUT2D eigenvalue weighted by Gasteiger charge is -2.20. The molecule has 0 spiro atoms. The Bertz CT molecular complexity index is 1140. The van der Waals surface area contributed by atoms with Crippen molar-refractivity contribution in [2.24, 2.45) is 0 Å². The quantitative estimate of drug-likeness (QED) is 0.660. The van der Waals surface area contributed by atoms with Crippen molar-refractivity contribution >= 4 is 38.9 Å². The van der Waals surface area contributed by atoms with Gasteiger partial charge in [0, 0.05) is 23.3 Å². The Morgan fingerprint density at radius 3 is 2.43 bits per heavy atom. The van der Waals surface area contributed by atoms with E-state index in [4.69, 9.17) is 11.6 Å². The number of hydrogen-bond acceptors (Lipinski definition) is 3. The van der Waals surface area contributed by atoms with Gasteiger partial charge in [-0.3, -0.25) is 9.10 Å². The van der Waals surface area contributed by atoms with Gasteiger partial charge in [-0.05, 0) is 54.6 Å². The Hall–Kier alpha value is -2.90. The highest BCUT2D eigenvalue weighted by molar-refractivity contribution is 7.92. The third-order valence-corrected chi connectivity index (χ3v) is 6.03. The van der Waals surface area contributed by atoms with Gasteiger partial charge in [0.25, 0.3) is 15.9 Å². The van der Waals surface area contributed by atoms with Crippen LogP contribution in [0.2, 0.25) is 5.02 Å². The van der Waals surface area contributed by atoms with Gasteiger partial charge in [0.15, 0.2) is 0 Å². The van der Waals surface area contributed by atoms with E-state index in [-0.39, 0.29) is 16.1 Å². The fourth-order valence-corrected chi connectivity index (χ4v) is 3.95. The Morgan fingerprint density at radius 1 is 1.00 bits per heavy atom. The van der Waals surface area contributed by atoms with Crippen LogP contribution in [0.5, 0.6) is 0 Å². The highest BCUT2D eigenvalue weighted by atomic mass is 35.5. The molecule has 0 saturated carbocycles. The Balaban J connectivity index is 1.88. The largest absolute Gasteiger partial charge is 0.322 e. The molecule has 3 rings (SSSR count). The van der Waals surface area contributed by atoms with Gasteiger partial charge >= 0.3 is 0 Å². The molecule has 0 aliphatic heterocycles. The van der Waals surface area contributed by atoms with E-state index in [1.807, 2.05) is 0 Å². The molecule has 0 heterocycles. The third-order valence-electron chi connectivity index (χ3n) is 4.01. The second kappa shape index (κ2) is 8.00. The molecule has 28 heavy (non-hydrogen) atoms. The first-order chi connectivity index (χ1) is 13.3. The highest BCUT2D eigenvalue weighted by Crippen LogP contribution is 2.25. The molecule has 3 aromatic rings. The predicted octanol–water partition coefficient (Wildman–Crippen LogP) is 4.56. The van der Waals surface area contributed by atoms with Crippen LogP contribution in [0.3, 0.4) is 0 Å². The monoisotopic (exact) mass is 418 g/mol. The molecule has 1 amide bonds. The first-order valence-electron chi connectivity index (χ1n) is 8.19. The smallest absolute Gasteiger partial charge is 0.264 e. The van der Waals surface area contributed by atoms with Gasteiger partial charge < -0.3 is 5.32 Å². The first kappa shape index (κ1) is 19.9. The van der Waals surface area contributed by atoms with Crippen LogP contribution in [0.1, 0.15) is 10.4 Å². The average molecular weight is 419 g/mol. The van der Waals surface area contributed by atoms with Crippen LogP contribution in [-0.2, 0) is 10.0 Å². The molecule has 0 fully saturated rings. The molecule has 5 nitrogen and oxygen atoms in total. The molecule has 8 heteroatoms. The topological polar surface area (TPSA) is 66.5 Å². The number of carbonyl (C=O) groups excluding carboxylic acids is 1. The molecule has 3 aromatic carbocycles. The number of carbonyl (C=O) groups is 1. The molecule has 144 valence electrons. The maximum atomic E-state index is 13.3. The van der Waals surface area contributed by atoms with Gasteiger partial charge in [-0.25, -0.2) is 12.8 Å². The summed E-state index contributed by atoms with van der Waals surface area (Å²) >= 11 is 5.94. The van der Waals surface area contributed by atoms with E-state index in [1.54, 1.807) is 18.2 Å². The van der Waals surface area contributed by atoms with Crippen molar-refractivity contribution in [2.45, 2.75) is 4.90 Å². The summed E-state index contributed by atoms with van der Waals surface area (Å²) < 4.78 is 40.2. The zero-order chi connectivity index (χ0) is 20.3. The number of rotatable bonds is 5. The van der Waals surface area contributed by atoms with Gasteiger partial charge in [0.05, 0.1) is 10.6 Å². The number of amides is 1. The summed E-state index contributed by atoms with van der Waals surface area (Å²) in [5.41, 5.74) is 0.793. The van der Waals surface area contributed by atoms with Crippen molar-refractivity contribution in [1.82, 2.24) is 0 Å². The van der Waals surface area contributed by atoms with Crippen molar-refractivity contribution in [3.63, 3.8) is 0 Å². The van der Waals surface area contributed by atoms with Crippen molar-refractivity contribution in [1.29, 1.82) is 0 Å². The van der Waals surface area contributed by atoms with Crippen molar-refractivity contribution in [3.8, 4) is 0 Å². The summed E-state index contributed by atoms with van der Waals surface area (Å²) in [7, 11) is -2.51. The summed E-state index contributed by atoms with van der Waals surface area (Å²) in [6.45, 7) is 0. The van der Waals surface area contributed by atoms with Crippen LogP contribution in [0.4, 0.5) is 15.8 Å². The summed E-state index contributed by atoms with van der Waals surface area (Å²) in [6.07, 6.45) is 0. The van der Waals surface area contributed by atoms with E-state index >= 15 is 0 Å². The molecule has 0 saturated heterocycles.